The number of aromatic nitrogens is 2. The second-order valence-electron chi connectivity index (χ2n) is 5.65. The molecular weight excluding hydrogens is 294 g/mol. The van der Waals surface area contributed by atoms with E-state index in [1.807, 2.05) is 19.1 Å². The number of carbonyl (C=O) groups excluding carboxylic acids is 1. The maximum absolute atomic E-state index is 11.8. The lowest BCUT2D eigenvalue weighted by Gasteiger charge is -2.29. The van der Waals surface area contributed by atoms with E-state index in [2.05, 4.69) is 9.97 Å². The number of hydrogen-bond acceptors (Lipinski definition) is 4. The topological polar surface area (TPSA) is 78.4 Å². The third-order valence-electron chi connectivity index (χ3n) is 4.12. The monoisotopic (exact) mass is 309 g/mol. The van der Waals surface area contributed by atoms with Crippen LogP contribution in [0.5, 0.6) is 5.75 Å². The van der Waals surface area contributed by atoms with E-state index in [1.54, 1.807) is 31.3 Å². The fourth-order valence-electron chi connectivity index (χ4n) is 2.83. The van der Waals surface area contributed by atoms with Gasteiger partial charge in [0.25, 0.3) is 0 Å². The quantitative estimate of drug-likeness (QED) is 0.720. The van der Waals surface area contributed by atoms with Crippen molar-refractivity contribution < 1.29 is 14.6 Å². The first kappa shape index (κ1) is 13.6. The number of amides is 1. The van der Waals surface area contributed by atoms with Crippen molar-refractivity contribution in [3.05, 3.63) is 42.0 Å². The van der Waals surface area contributed by atoms with Crippen molar-refractivity contribution in [2.24, 2.45) is 0 Å². The maximum Gasteiger partial charge on any atom is 0.414 e. The minimum Gasteiger partial charge on any atom is -0.508 e. The summed E-state index contributed by atoms with van der Waals surface area (Å²) in [6.07, 6.45) is -0.655. The molecule has 2 N–H and O–H groups in total. The standard InChI is InChI=1S/C17H15N3O3/c1-9-12-7-13-14(8-15(12)20(2)17(22)23-9)19-16(18-13)10-3-5-11(21)6-4-10/h3-9,21H,1-2H3,(H,18,19). The molecule has 0 saturated heterocycles. The van der Waals surface area contributed by atoms with Crippen LogP contribution in [0.3, 0.4) is 0 Å². The number of hydrogen-bond donors (Lipinski definition) is 2. The number of cyclic esters (lactones) is 1. The Balaban J connectivity index is 1.87. The van der Waals surface area contributed by atoms with Crippen molar-refractivity contribution in [1.82, 2.24) is 9.97 Å². The molecule has 0 fully saturated rings. The molecule has 3 aromatic rings. The molecule has 116 valence electrons. The van der Waals surface area contributed by atoms with E-state index < -0.39 is 0 Å². The Morgan fingerprint density at radius 1 is 1.26 bits per heavy atom. The van der Waals surface area contributed by atoms with E-state index >= 15 is 0 Å². The van der Waals surface area contributed by atoms with Gasteiger partial charge in [-0.3, -0.25) is 4.90 Å². The van der Waals surface area contributed by atoms with Crippen molar-refractivity contribution in [1.29, 1.82) is 0 Å². The molecule has 4 rings (SSSR count). The number of nitrogens with one attached hydrogen (secondary N) is 1. The van der Waals surface area contributed by atoms with Crippen molar-refractivity contribution in [3.8, 4) is 17.1 Å². The summed E-state index contributed by atoms with van der Waals surface area (Å²) in [4.78, 5) is 21.2. The molecule has 6 nitrogen and oxygen atoms in total. The van der Waals surface area contributed by atoms with Gasteiger partial charge >= 0.3 is 6.09 Å². The summed E-state index contributed by atoms with van der Waals surface area (Å²) in [7, 11) is 1.69. The average Bonchev–Trinajstić information content (AvgIpc) is 2.95. The first-order valence-electron chi connectivity index (χ1n) is 7.30. The molecular formula is C17H15N3O3. The molecule has 0 spiro atoms. The lowest BCUT2D eigenvalue weighted by molar-refractivity contribution is 0.109. The van der Waals surface area contributed by atoms with Crippen LogP contribution in [0.2, 0.25) is 0 Å². The minimum atomic E-state index is -0.362. The molecule has 0 bridgehead atoms. The summed E-state index contributed by atoms with van der Waals surface area (Å²) < 4.78 is 5.30. The van der Waals surface area contributed by atoms with Gasteiger partial charge in [0.15, 0.2) is 0 Å². The van der Waals surface area contributed by atoms with Crippen LogP contribution < -0.4 is 4.90 Å². The largest absolute Gasteiger partial charge is 0.508 e. The van der Waals surface area contributed by atoms with E-state index in [0.717, 1.165) is 27.8 Å². The predicted molar refractivity (Wildman–Crippen MR) is 86.5 cm³/mol. The number of rotatable bonds is 1. The van der Waals surface area contributed by atoms with Gasteiger partial charge in [-0.05, 0) is 43.3 Å². The minimum absolute atomic E-state index is 0.214. The molecule has 1 amide bonds. The van der Waals surface area contributed by atoms with Gasteiger partial charge in [-0.1, -0.05) is 0 Å². The molecule has 2 aromatic carbocycles. The second-order valence-corrected chi connectivity index (χ2v) is 5.65. The number of phenols is 1. The number of carbonyl (C=O) groups is 1. The third kappa shape index (κ3) is 2.11. The van der Waals surface area contributed by atoms with Crippen LogP contribution in [0.15, 0.2) is 36.4 Å². The number of H-pyrrole nitrogens is 1. The van der Waals surface area contributed by atoms with E-state index in [9.17, 15) is 9.90 Å². The molecule has 6 heteroatoms. The third-order valence-corrected chi connectivity index (χ3v) is 4.12. The summed E-state index contributed by atoms with van der Waals surface area (Å²) in [6, 6.07) is 10.7. The molecule has 1 unspecified atom stereocenters. The van der Waals surface area contributed by atoms with Crippen molar-refractivity contribution in [2.45, 2.75) is 13.0 Å². The zero-order valence-corrected chi connectivity index (χ0v) is 12.7. The maximum atomic E-state index is 11.8. The van der Waals surface area contributed by atoms with Gasteiger partial charge < -0.3 is 14.8 Å². The van der Waals surface area contributed by atoms with E-state index in [4.69, 9.17) is 4.74 Å². The smallest absolute Gasteiger partial charge is 0.414 e. The Morgan fingerprint density at radius 3 is 2.74 bits per heavy atom. The zero-order chi connectivity index (χ0) is 16.1. The van der Waals surface area contributed by atoms with Crippen molar-refractivity contribution in [2.75, 3.05) is 11.9 Å². The SMILES string of the molecule is CC1OC(=O)N(C)c2cc3nc(-c4ccc(O)cc4)[nH]c3cc21. The average molecular weight is 309 g/mol. The Labute approximate surface area is 132 Å². The Morgan fingerprint density at radius 2 is 2.00 bits per heavy atom. The Kier molecular flexibility index (Phi) is 2.81. The zero-order valence-electron chi connectivity index (χ0n) is 12.7. The van der Waals surface area contributed by atoms with E-state index in [1.165, 1.54) is 4.90 Å². The summed E-state index contributed by atoms with van der Waals surface area (Å²) in [5.41, 5.74) is 4.29. The number of aromatic amines is 1. The van der Waals surface area contributed by atoms with Crippen LogP contribution in [-0.2, 0) is 4.74 Å². The Hall–Kier alpha value is -3.02. The molecule has 1 atom stereocenters. The van der Waals surface area contributed by atoms with Crippen LogP contribution in [0.4, 0.5) is 10.5 Å². The molecule has 0 saturated carbocycles. The number of ether oxygens (including phenoxy) is 1. The first-order chi connectivity index (χ1) is 11.0. The lowest BCUT2D eigenvalue weighted by atomic mass is 10.1. The summed E-state index contributed by atoms with van der Waals surface area (Å²) in [5, 5.41) is 9.39. The molecule has 2 heterocycles. The van der Waals surface area contributed by atoms with Crippen LogP contribution in [-0.4, -0.2) is 28.2 Å². The highest BCUT2D eigenvalue weighted by molar-refractivity contribution is 5.94. The fraction of sp³-hybridized carbons (Fsp3) is 0.176. The van der Waals surface area contributed by atoms with Gasteiger partial charge in [-0.15, -0.1) is 0 Å². The molecule has 0 aliphatic carbocycles. The molecule has 1 aromatic heterocycles. The molecule has 1 aliphatic heterocycles. The van der Waals surface area contributed by atoms with Crippen LogP contribution in [0.25, 0.3) is 22.4 Å². The Bertz CT molecular complexity index is 915. The molecule has 1 aliphatic rings. The van der Waals surface area contributed by atoms with Gasteiger partial charge in [-0.2, -0.15) is 0 Å². The highest BCUT2D eigenvalue weighted by Crippen LogP contribution is 2.36. The van der Waals surface area contributed by atoms with E-state index in [0.29, 0.717) is 5.82 Å². The van der Waals surface area contributed by atoms with Gasteiger partial charge in [0, 0.05) is 18.2 Å². The predicted octanol–water partition coefficient (Wildman–Crippen LogP) is 3.58. The number of imidazole rings is 1. The van der Waals surface area contributed by atoms with Gasteiger partial charge in [0.05, 0.1) is 16.7 Å². The van der Waals surface area contributed by atoms with Gasteiger partial charge in [-0.25, -0.2) is 9.78 Å². The van der Waals surface area contributed by atoms with E-state index in [-0.39, 0.29) is 17.9 Å². The van der Waals surface area contributed by atoms with Crippen molar-refractivity contribution >= 4 is 22.8 Å². The van der Waals surface area contributed by atoms with Crippen LogP contribution >= 0.6 is 0 Å². The van der Waals surface area contributed by atoms with Gasteiger partial charge in [0.1, 0.15) is 17.7 Å². The summed E-state index contributed by atoms with van der Waals surface area (Å²) in [5.74, 6) is 0.927. The van der Waals surface area contributed by atoms with Gasteiger partial charge in [0.2, 0.25) is 0 Å². The lowest BCUT2D eigenvalue weighted by Crippen LogP contribution is -2.33. The number of aromatic hydroxyl groups is 1. The summed E-state index contributed by atoms with van der Waals surface area (Å²) >= 11 is 0. The number of anilines is 1. The number of benzene rings is 2. The van der Waals surface area contributed by atoms with Crippen LogP contribution in [0.1, 0.15) is 18.6 Å². The normalized spacial score (nSPS) is 17.2. The number of fused-ring (bicyclic) bond motifs is 2. The van der Waals surface area contributed by atoms with Crippen LogP contribution in [0, 0.1) is 0 Å². The second kappa shape index (κ2) is 4.74. The highest BCUT2D eigenvalue weighted by Gasteiger charge is 2.28. The fourth-order valence-corrected chi connectivity index (χ4v) is 2.83. The number of phenolic OH excluding ortho intramolecular Hbond substituents is 1. The highest BCUT2D eigenvalue weighted by atomic mass is 16.6. The summed E-state index contributed by atoms with van der Waals surface area (Å²) in [6.45, 7) is 1.85. The molecule has 0 radical (unpaired) electrons. The molecule has 23 heavy (non-hydrogen) atoms. The van der Waals surface area contributed by atoms with Crippen molar-refractivity contribution in [3.63, 3.8) is 0 Å². The number of nitrogens with zero attached hydrogens (tertiary/aromatic N) is 2. The first-order valence-corrected chi connectivity index (χ1v) is 7.30.